The number of rotatable bonds is 5. The predicted octanol–water partition coefficient (Wildman–Crippen LogP) is 1.86. The number of aromatic nitrogens is 4. The second-order valence-corrected chi connectivity index (χ2v) is 7.15. The first-order chi connectivity index (χ1) is 13.1. The molecule has 1 aromatic carbocycles. The van der Waals surface area contributed by atoms with Gasteiger partial charge in [0.15, 0.2) is 5.78 Å². The van der Waals surface area contributed by atoms with Gasteiger partial charge in [-0.05, 0) is 24.4 Å². The highest BCUT2D eigenvalue weighted by Gasteiger charge is 2.19. The zero-order valence-corrected chi connectivity index (χ0v) is 15.6. The van der Waals surface area contributed by atoms with Crippen molar-refractivity contribution in [1.82, 2.24) is 24.9 Å². The van der Waals surface area contributed by atoms with Crippen LogP contribution in [-0.4, -0.2) is 63.0 Å². The van der Waals surface area contributed by atoms with E-state index in [1.807, 2.05) is 44.6 Å². The summed E-state index contributed by atoms with van der Waals surface area (Å²) in [4.78, 5) is 19.1. The van der Waals surface area contributed by atoms with Crippen LogP contribution >= 0.6 is 0 Å². The summed E-state index contributed by atoms with van der Waals surface area (Å²) in [5, 5.41) is 10.2. The minimum atomic E-state index is 0.182. The molecular weight excluding hydrogens is 342 g/mol. The van der Waals surface area contributed by atoms with Gasteiger partial charge in [0.25, 0.3) is 0 Å². The fraction of sp³-hybridized carbons (Fsp3) is 0.400. The molecule has 0 unspecified atom stereocenters. The van der Waals surface area contributed by atoms with Crippen LogP contribution in [0.1, 0.15) is 12.6 Å². The fourth-order valence-electron chi connectivity index (χ4n) is 3.46. The van der Waals surface area contributed by atoms with Crippen molar-refractivity contribution in [3.63, 3.8) is 0 Å². The van der Waals surface area contributed by atoms with Gasteiger partial charge < -0.3 is 4.74 Å². The molecule has 140 valence electrons. The summed E-state index contributed by atoms with van der Waals surface area (Å²) >= 11 is 0. The molecule has 3 aromatic rings. The number of hydrogen-bond acceptors (Lipinski definition) is 6. The lowest BCUT2D eigenvalue weighted by Gasteiger charge is -2.30. The van der Waals surface area contributed by atoms with Crippen LogP contribution in [0.3, 0.4) is 0 Å². The smallest absolute Gasteiger partial charge is 0.152 e. The summed E-state index contributed by atoms with van der Waals surface area (Å²) in [6.45, 7) is 4.79. The van der Waals surface area contributed by atoms with Gasteiger partial charge >= 0.3 is 0 Å². The summed E-state index contributed by atoms with van der Waals surface area (Å²) in [5.74, 6) is 0.182. The largest absolute Gasteiger partial charge is 0.376 e. The van der Waals surface area contributed by atoms with E-state index in [9.17, 15) is 4.79 Å². The second kappa shape index (κ2) is 7.54. The van der Waals surface area contributed by atoms with Gasteiger partial charge in [-0.1, -0.05) is 17.3 Å². The number of carbonyl (C=O) groups excluding carboxylic acids is 1. The Labute approximate surface area is 157 Å². The number of aryl methyl sites for hydroxylation is 1. The monoisotopic (exact) mass is 365 g/mol. The maximum absolute atomic E-state index is 12.5. The molecule has 1 aliphatic heterocycles. The van der Waals surface area contributed by atoms with E-state index in [1.54, 1.807) is 4.68 Å². The number of Topliss-reactive ketones (excluding diaryl/α,β-unsaturated/α-hetero) is 1. The average Bonchev–Trinajstić information content (AvgIpc) is 3.07. The van der Waals surface area contributed by atoms with Crippen molar-refractivity contribution < 1.29 is 9.53 Å². The molecular formula is C20H23N5O2. The van der Waals surface area contributed by atoms with Crippen LogP contribution in [0.25, 0.3) is 22.0 Å². The van der Waals surface area contributed by atoms with Gasteiger partial charge in [0.2, 0.25) is 0 Å². The highest BCUT2D eigenvalue weighted by Crippen LogP contribution is 2.23. The molecule has 1 fully saturated rings. The van der Waals surface area contributed by atoms with Crippen LogP contribution in [-0.2, 0) is 23.0 Å². The first-order valence-corrected chi connectivity index (χ1v) is 9.18. The van der Waals surface area contributed by atoms with E-state index < -0.39 is 0 Å². The van der Waals surface area contributed by atoms with Crippen molar-refractivity contribution in [1.29, 1.82) is 0 Å². The van der Waals surface area contributed by atoms with Crippen molar-refractivity contribution >= 4 is 16.6 Å². The Hall–Kier alpha value is -2.64. The normalized spacial score (nSPS) is 18.1. The number of carbonyl (C=O) groups is 1. The van der Waals surface area contributed by atoms with E-state index in [1.165, 1.54) is 0 Å². The van der Waals surface area contributed by atoms with Crippen LogP contribution in [0.4, 0.5) is 0 Å². The molecule has 0 bridgehead atoms. The molecule has 0 spiro atoms. The minimum Gasteiger partial charge on any atom is -0.376 e. The van der Waals surface area contributed by atoms with Gasteiger partial charge in [0, 0.05) is 43.0 Å². The molecule has 0 N–H and O–H groups in total. The van der Waals surface area contributed by atoms with Gasteiger partial charge in [-0.15, -0.1) is 5.10 Å². The van der Waals surface area contributed by atoms with E-state index in [0.29, 0.717) is 19.6 Å². The van der Waals surface area contributed by atoms with Crippen LogP contribution in [0.15, 0.2) is 36.7 Å². The Kier molecular flexibility index (Phi) is 4.96. The Bertz CT molecular complexity index is 968. The van der Waals surface area contributed by atoms with Crippen LogP contribution in [0.5, 0.6) is 0 Å². The van der Waals surface area contributed by atoms with Crippen LogP contribution in [0, 0.1) is 0 Å². The molecule has 2 aromatic heterocycles. The van der Waals surface area contributed by atoms with Gasteiger partial charge in [0.1, 0.15) is 5.69 Å². The highest BCUT2D eigenvalue weighted by atomic mass is 16.5. The number of fused-ring (bicyclic) bond motifs is 1. The third kappa shape index (κ3) is 4.20. The number of ether oxygens (including phenoxy) is 1. The number of hydrogen-bond donors (Lipinski definition) is 0. The predicted molar refractivity (Wildman–Crippen MR) is 102 cm³/mol. The number of pyridine rings is 1. The standard InChI is InChI=1S/C20H23N5O2/c1-14-11-25(5-6-27-14)12-19(26)9-18-8-17-7-15(3-4-16(17)10-21-18)20-13-24(2)23-22-20/h3-4,7-8,10,13-14H,5-6,9,11-12H2,1-2H3/t14-/m1/s1. The number of nitrogens with zero attached hydrogens (tertiary/aromatic N) is 5. The molecule has 1 atom stereocenters. The zero-order valence-electron chi connectivity index (χ0n) is 15.6. The minimum absolute atomic E-state index is 0.182. The lowest BCUT2D eigenvalue weighted by molar-refractivity contribution is -0.121. The quantitative estimate of drug-likeness (QED) is 0.687. The third-order valence-electron chi connectivity index (χ3n) is 4.78. The number of morpholine rings is 1. The SMILES string of the molecule is C[C@@H]1CN(CC(=O)Cc2cc3cc(-c4cn(C)nn4)ccc3cn2)CCO1. The van der Waals surface area contributed by atoms with Gasteiger partial charge in [0.05, 0.1) is 31.9 Å². The summed E-state index contributed by atoms with van der Waals surface area (Å²) in [6, 6.07) is 8.10. The molecule has 7 heteroatoms. The number of ketones is 1. The molecule has 0 amide bonds. The number of benzene rings is 1. The van der Waals surface area contributed by atoms with Crippen molar-refractivity contribution in [3.05, 3.63) is 42.4 Å². The third-order valence-corrected chi connectivity index (χ3v) is 4.78. The fourth-order valence-corrected chi connectivity index (χ4v) is 3.46. The molecule has 3 heterocycles. The van der Waals surface area contributed by atoms with Gasteiger partial charge in [-0.2, -0.15) is 0 Å². The topological polar surface area (TPSA) is 73.1 Å². The first kappa shape index (κ1) is 17.8. The Balaban J connectivity index is 1.49. The molecule has 4 rings (SSSR count). The molecule has 27 heavy (non-hydrogen) atoms. The van der Waals surface area contributed by atoms with E-state index in [-0.39, 0.29) is 11.9 Å². The van der Waals surface area contributed by atoms with Crippen LogP contribution in [0.2, 0.25) is 0 Å². The van der Waals surface area contributed by atoms with E-state index in [0.717, 1.165) is 40.8 Å². The summed E-state index contributed by atoms with van der Waals surface area (Å²) in [5.41, 5.74) is 2.63. The second-order valence-electron chi connectivity index (χ2n) is 7.15. The van der Waals surface area contributed by atoms with Gasteiger partial charge in [-0.25, -0.2) is 0 Å². The van der Waals surface area contributed by atoms with Crippen molar-refractivity contribution in [3.8, 4) is 11.3 Å². The molecule has 1 aliphatic rings. The van der Waals surface area contributed by atoms with E-state index >= 15 is 0 Å². The van der Waals surface area contributed by atoms with E-state index in [4.69, 9.17) is 4.74 Å². The Morgan fingerprint density at radius 1 is 1.30 bits per heavy atom. The molecule has 0 aliphatic carbocycles. The van der Waals surface area contributed by atoms with Crippen molar-refractivity contribution in [2.45, 2.75) is 19.4 Å². The molecule has 7 nitrogen and oxygen atoms in total. The maximum Gasteiger partial charge on any atom is 0.152 e. The van der Waals surface area contributed by atoms with E-state index in [2.05, 4.69) is 26.3 Å². The molecule has 1 saturated heterocycles. The zero-order chi connectivity index (χ0) is 18.8. The van der Waals surface area contributed by atoms with Crippen LogP contribution < -0.4 is 0 Å². The summed E-state index contributed by atoms with van der Waals surface area (Å²) < 4.78 is 7.21. The average molecular weight is 365 g/mol. The van der Waals surface area contributed by atoms with Gasteiger partial charge in [-0.3, -0.25) is 19.4 Å². The van der Waals surface area contributed by atoms with Crippen molar-refractivity contribution in [2.24, 2.45) is 7.05 Å². The Morgan fingerprint density at radius 3 is 2.96 bits per heavy atom. The Morgan fingerprint density at radius 2 is 2.19 bits per heavy atom. The maximum atomic E-state index is 12.5. The lowest BCUT2D eigenvalue weighted by Crippen LogP contribution is -2.43. The van der Waals surface area contributed by atoms with Crippen molar-refractivity contribution in [2.75, 3.05) is 26.2 Å². The highest BCUT2D eigenvalue weighted by molar-refractivity contribution is 5.88. The first-order valence-electron chi connectivity index (χ1n) is 9.18. The molecule has 0 radical (unpaired) electrons. The summed E-state index contributed by atoms with van der Waals surface area (Å²) in [6.07, 6.45) is 4.24. The molecule has 0 saturated carbocycles. The lowest BCUT2D eigenvalue weighted by atomic mass is 10.0. The summed E-state index contributed by atoms with van der Waals surface area (Å²) in [7, 11) is 1.85.